The van der Waals surface area contributed by atoms with Crippen molar-refractivity contribution in [1.82, 2.24) is 33.2 Å². The molecule has 0 atom stereocenters. The minimum absolute atomic E-state index is 1.07. The van der Waals surface area contributed by atoms with Crippen molar-refractivity contribution in [3.8, 4) is 33.9 Å². The van der Waals surface area contributed by atoms with E-state index in [4.69, 9.17) is 0 Å². The van der Waals surface area contributed by atoms with Crippen molar-refractivity contribution in [2.75, 3.05) is 0 Å². The maximum absolute atomic E-state index is 3.98. The van der Waals surface area contributed by atoms with Crippen LogP contribution in [0.1, 0.15) is 33.5 Å². The number of hydrogen-bond acceptors (Lipinski definition) is 3. The Morgan fingerprint density at radius 2 is 0.560 bits per heavy atom. The van der Waals surface area contributed by atoms with E-state index in [1.165, 1.54) is 149 Å². The lowest BCUT2D eigenvalue weighted by atomic mass is 10.0. The number of pyridine rings is 3. The van der Waals surface area contributed by atoms with E-state index >= 15 is 0 Å². The van der Waals surface area contributed by atoms with E-state index in [-0.39, 0.29) is 0 Å². The summed E-state index contributed by atoms with van der Waals surface area (Å²) in [4.78, 5) is 11.7. The molecule has 7 heteroatoms. The molecule has 0 amide bonds. The van der Waals surface area contributed by atoms with E-state index in [9.17, 15) is 0 Å². The van der Waals surface area contributed by atoms with Gasteiger partial charge in [0.25, 0.3) is 0 Å². The third-order valence-electron chi connectivity index (χ3n) is 18.1. The zero-order chi connectivity index (χ0) is 68.3. The summed E-state index contributed by atoms with van der Waals surface area (Å²) in [7, 11) is 0. The number of nitrogens with zero attached hydrogens (tertiary/aromatic N) is 7. The maximum atomic E-state index is 3.98. The van der Waals surface area contributed by atoms with Gasteiger partial charge in [-0.2, -0.15) is 0 Å². The molecular formula is C93H77N7. The number of hydrogen-bond donors (Lipinski definition) is 0. The van der Waals surface area contributed by atoms with Gasteiger partial charge < -0.3 is 18.3 Å². The lowest BCUT2D eigenvalue weighted by Gasteiger charge is -2.14. The summed E-state index contributed by atoms with van der Waals surface area (Å²) in [6, 6.07) is 116. The molecule has 100 heavy (non-hydrogen) atoms. The van der Waals surface area contributed by atoms with E-state index in [0.717, 1.165) is 5.69 Å². The smallest absolute Gasteiger partial charge is 0.0541 e. The molecule has 19 aromatic rings. The molecule has 7 nitrogen and oxygen atoms in total. The Morgan fingerprint density at radius 3 is 0.880 bits per heavy atom. The van der Waals surface area contributed by atoms with Gasteiger partial charge in [0.1, 0.15) is 0 Å². The third-order valence-corrected chi connectivity index (χ3v) is 18.1. The highest BCUT2D eigenvalue weighted by atomic mass is 15.0. The van der Waals surface area contributed by atoms with E-state index in [0.29, 0.717) is 0 Å². The van der Waals surface area contributed by atoms with Crippen LogP contribution in [0.2, 0.25) is 0 Å². The van der Waals surface area contributed by atoms with Crippen LogP contribution in [0.4, 0.5) is 0 Å². The first-order chi connectivity index (χ1) is 49.1. The van der Waals surface area contributed by atoms with Gasteiger partial charge >= 0.3 is 0 Å². The van der Waals surface area contributed by atoms with Gasteiger partial charge in [-0.05, 0) is 196 Å². The van der Waals surface area contributed by atoms with Crippen molar-refractivity contribution in [2.24, 2.45) is 0 Å². The lowest BCUT2D eigenvalue weighted by molar-refractivity contribution is 1.12. The second-order valence-corrected chi connectivity index (χ2v) is 25.3. The van der Waals surface area contributed by atoms with Crippen molar-refractivity contribution in [1.29, 1.82) is 0 Å². The topological polar surface area (TPSA) is 58.4 Å². The molecule has 0 spiro atoms. The molecule has 0 radical (unpaired) electrons. The molecule has 0 N–H and O–H groups in total. The minimum Gasteiger partial charge on any atom is -0.309 e. The molecular weight excluding hydrogens is 1220 g/mol. The number of benzene rings is 12. The average molecular weight is 1290 g/mol. The van der Waals surface area contributed by atoms with Gasteiger partial charge in [0, 0.05) is 103 Å². The monoisotopic (exact) mass is 1290 g/mol. The summed E-state index contributed by atoms with van der Waals surface area (Å²) >= 11 is 0. The van der Waals surface area contributed by atoms with Crippen LogP contribution in [-0.2, 0) is 0 Å². The average Bonchev–Trinajstić information content (AvgIpc) is 1.64. The molecule has 0 aliphatic heterocycles. The van der Waals surface area contributed by atoms with Gasteiger partial charge in [-0.3, -0.25) is 15.0 Å². The van der Waals surface area contributed by atoms with Crippen LogP contribution in [-0.4, -0.2) is 33.2 Å². The van der Waals surface area contributed by atoms with Crippen molar-refractivity contribution in [3.05, 3.63) is 392 Å². The fraction of sp³-hybridized carbons (Fsp3) is 0.0645. The van der Waals surface area contributed by atoms with Gasteiger partial charge in [0.15, 0.2) is 0 Å². The molecule has 7 heterocycles. The van der Waals surface area contributed by atoms with Crippen LogP contribution in [0, 0.1) is 41.5 Å². The zero-order valence-corrected chi connectivity index (χ0v) is 57.2. The van der Waals surface area contributed by atoms with Gasteiger partial charge in [-0.15, -0.1) is 0 Å². The first-order valence-corrected chi connectivity index (χ1v) is 34.0. The Hall–Kier alpha value is -12.7. The van der Waals surface area contributed by atoms with Gasteiger partial charge in [0.05, 0.1) is 44.1 Å². The predicted molar refractivity (Wildman–Crippen MR) is 423 cm³/mol. The van der Waals surface area contributed by atoms with Crippen molar-refractivity contribution in [2.45, 2.75) is 41.5 Å². The Balaban J connectivity index is 0.000000113. The minimum atomic E-state index is 1.07. The van der Waals surface area contributed by atoms with E-state index in [2.05, 4.69) is 339 Å². The fourth-order valence-corrected chi connectivity index (χ4v) is 13.5. The molecule has 0 bridgehead atoms. The Morgan fingerprint density at radius 1 is 0.200 bits per heavy atom. The summed E-state index contributed by atoms with van der Waals surface area (Å²) in [5.74, 6) is 0. The normalized spacial score (nSPS) is 10.9. The predicted octanol–water partition coefficient (Wildman–Crippen LogP) is 24.2. The van der Waals surface area contributed by atoms with Crippen LogP contribution < -0.4 is 0 Å². The van der Waals surface area contributed by atoms with Crippen LogP contribution >= 0.6 is 0 Å². The lowest BCUT2D eigenvalue weighted by Crippen LogP contribution is -1.99. The number of rotatable bonds is 5. The van der Waals surface area contributed by atoms with Crippen LogP contribution in [0.15, 0.2) is 359 Å². The summed E-state index contributed by atoms with van der Waals surface area (Å²) < 4.78 is 9.49. The van der Waals surface area contributed by atoms with Crippen LogP contribution in [0.25, 0.3) is 121 Å². The highest BCUT2D eigenvalue weighted by molar-refractivity contribution is 6.12. The fourth-order valence-electron chi connectivity index (χ4n) is 13.5. The SMILES string of the molecule is Cc1cc(-n2c3ccccc3c3ccccc32)cc(-n2c3ccccc3c3ccccc32)c1.Cc1cccc(-c2ccc(-n3c4ccccc4c4ccccc43)cc2)c1.Cc1cccc(-n2c3ccccc3c3ccccc32)c1.Cc1ccccn1.Cc1cccnc1.Cc1ccncc1. The van der Waals surface area contributed by atoms with Crippen molar-refractivity contribution >= 4 is 87.2 Å². The summed E-state index contributed by atoms with van der Waals surface area (Å²) in [6.07, 6.45) is 8.97. The molecule has 484 valence electrons. The molecule has 0 saturated heterocycles. The van der Waals surface area contributed by atoms with Gasteiger partial charge in [-0.1, -0.05) is 212 Å². The number of fused-ring (bicyclic) bond motifs is 12. The largest absolute Gasteiger partial charge is 0.309 e. The first kappa shape index (κ1) is 64.6. The van der Waals surface area contributed by atoms with Crippen LogP contribution in [0.3, 0.4) is 0 Å². The highest BCUT2D eigenvalue weighted by Gasteiger charge is 2.17. The Labute approximate surface area is 584 Å². The second kappa shape index (κ2) is 29.7. The summed E-state index contributed by atoms with van der Waals surface area (Å²) in [5.41, 5.74) is 24.6. The second-order valence-electron chi connectivity index (χ2n) is 25.3. The number of aryl methyl sites for hydroxylation is 6. The molecule has 0 unspecified atom stereocenters. The molecule has 12 aromatic carbocycles. The van der Waals surface area contributed by atoms with E-state index in [1.807, 2.05) is 69.4 Å². The standard InChI is InChI=1S/C31H22N2.C25H19N.C19H15N.3C6H7N/c1-21-18-22(32-28-14-6-2-10-24(28)25-11-3-7-15-29(25)32)20-23(19-21)33-30-16-8-4-12-26(30)27-13-5-9-17-31(27)33;1-18-7-6-8-20(17-18)19-13-15-21(16-14-19)26-24-11-4-2-9-22(24)23-10-3-5-12-25(23)26;1-14-7-6-8-15(13-14)20-18-11-4-2-9-16(18)17-10-3-5-12-19(17)20;1-6-2-4-7-5-3-6;1-6-3-2-4-7-5-6;1-6-4-2-3-5-7-6/h2-20H,1H3;2-17H,1H3;2-13H,1H3;3*2-5H,1H3. The van der Waals surface area contributed by atoms with Gasteiger partial charge in [0.2, 0.25) is 0 Å². The Kier molecular flexibility index (Phi) is 19.2. The molecule has 0 aliphatic carbocycles. The third kappa shape index (κ3) is 13.8. The van der Waals surface area contributed by atoms with Crippen LogP contribution in [0.5, 0.6) is 0 Å². The van der Waals surface area contributed by atoms with Crippen molar-refractivity contribution < 1.29 is 0 Å². The van der Waals surface area contributed by atoms with E-state index < -0.39 is 0 Å². The quantitative estimate of drug-likeness (QED) is 0.173. The highest BCUT2D eigenvalue weighted by Crippen LogP contribution is 2.38. The maximum Gasteiger partial charge on any atom is 0.0541 e. The molecule has 0 fully saturated rings. The number of para-hydroxylation sites is 8. The molecule has 0 saturated carbocycles. The van der Waals surface area contributed by atoms with E-state index in [1.54, 1.807) is 24.8 Å². The molecule has 19 rings (SSSR count). The van der Waals surface area contributed by atoms with Crippen molar-refractivity contribution in [3.63, 3.8) is 0 Å². The zero-order valence-electron chi connectivity index (χ0n) is 57.2. The Bertz CT molecular complexity index is 5550. The first-order valence-electron chi connectivity index (χ1n) is 34.0. The summed E-state index contributed by atoms with van der Waals surface area (Å²) in [5, 5.41) is 10.4. The molecule has 0 aliphatic rings. The van der Waals surface area contributed by atoms with Gasteiger partial charge in [-0.25, -0.2) is 0 Å². The summed E-state index contributed by atoms with van der Waals surface area (Å²) in [6.45, 7) is 12.5. The molecule has 7 aromatic heterocycles. The number of aromatic nitrogens is 7.